The van der Waals surface area contributed by atoms with Crippen LogP contribution in [0.4, 0.5) is 4.39 Å². The van der Waals surface area contributed by atoms with Crippen LogP contribution in [0.15, 0.2) is 36.7 Å². The molecular formula is C18H22FN3O. The van der Waals surface area contributed by atoms with Gasteiger partial charge in [0.1, 0.15) is 11.6 Å². The van der Waals surface area contributed by atoms with Gasteiger partial charge in [-0.15, -0.1) is 0 Å². The second-order valence-electron chi connectivity index (χ2n) is 5.94. The maximum absolute atomic E-state index is 13.1. The lowest BCUT2D eigenvalue weighted by molar-refractivity contribution is -0.132. The van der Waals surface area contributed by atoms with E-state index in [4.69, 9.17) is 0 Å². The lowest BCUT2D eigenvalue weighted by Gasteiger charge is -2.25. The van der Waals surface area contributed by atoms with Crippen LogP contribution in [0.1, 0.15) is 43.6 Å². The number of amides is 1. The zero-order valence-electron chi connectivity index (χ0n) is 13.4. The quantitative estimate of drug-likeness (QED) is 0.849. The van der Waals surface area contributed by atoms with Crippen molar-refractivity contribution in [3.63, 3.8) is 0 Å². The Kier molecular flexibility index (Phi) is 4.74. The van der Waals surface area contributed by atoms with Crippen LogP contribution in [-0.2, 0) is 17.8 Å². The molecule has 5 heteroatoms. The van der Waals surface area contributed by atoms with Crippen molar-refractivity contribution in [2.24, 2.45) is 0 Å². The zero-order valence-corrected chi connectivity index (χ0v) is 13.4. The van der Waals surface area contributed by atoms with E-state index in [0.717, 1.165) is 37.2 Å². The Morgan fingerprint density at radius 3 is 2.87 bits per heavy atom. The number of nitrogens with zero attached hydrogens (tertiary/aromatic N) is 3. The summed E-state index contributed by atoms with van der Waals surface area (Å²) in [4.78, 5) is 18.8. The number of likely N-dealkylation sites (tertiary alicyclic amines) is 1. The average Bonchev–Trinajstić information content (AvgIpc) is 3.22. The minimum atomic E-state index is -0.239. The van der Waals surface area contributed by atoms with E-state index in [-0.39, 0.29) is 17.8 Å². The van der Waals surface area contributed by atoms with Gasteiger partial charge in [0.05, 0.1) is 6.04 Å². The Hall–Kier alpha value is -2.17. The van der Waals surface area contributed by atoms with Crippen LogP contribution >= 0.6 is 0 Å². The van der Waals surface area contributed by atoms with Crippen LogP contribution in [0.25, 0.3) is 0 Å². The molecule has 0 bridgehead atoms. The van der Waals surface area contributed by atoms with E-state index in [1.807, 2.05) is 15.7 Å². The van der Waals surface area contributed by atoms with Gasteiger partial charge in [0.2, 0.25) is 5.91 Å². The summed E-state index contributed by atoms with van der Waals surface area (Å²) in [6.45, 7) is 3.51. The van der Waals surface area contributed by atoms with Crippen molar-refractivity contribution in [1.82, 2.24) is 14.5 Å². The first kappa shape index (κ1) is 15.7. The molecule has 1 aliphatic rings. The number of hydrogen-bond acceptors (Lipinski definition) is 2. The summed E-state index contributed by atoms with van der Waals surface area (Å²) in [5.74, 6) is 0.929. The zero-order chi connectivity index (χ0) is 16.2. The molecule has 0 aliphatic carbocycles. The third-order valence-electron chi connectivity index (χ3n) is 4.51. The van der Waals surface area contributed by atoms with Crippen molar-refractivity contribution in [2.75, 3.05) is 6.54 Å². The standard InChI is InChI=1S/C18H22FN3O/c1-2-17-20-10-13-21(17)12-9-18(23)22-11-3-4-16(22)14-5-7-15(19)8-6-14/h5-8,10,13,16H,2-4,9,11-12H2,1H3/t16-/m1/s1. The highest BCUT2D eigenvalue weighted by molar-refractivity contribution is 5.77. The van der Waals surface area contributed by atoms with E-state index in [0.29, 0.717) is 13.0 Å². The van der Waals surface area contributed by atoms with Gasteiger partial charge in [-0.3, -0.25) is 4.79 Å². The minimum absolute atomic E-state index is 0.0801. The van der Waals surface area contributed by atoms with Crippen LogP contribution < -0.4 is 0 Å². The molecule has 2 aromatic rings. The van der Waals surface area contributed by atoms with E-state index >= 15 is 0 Å². The van der Waals surface area contributed by atoms with Gasteiger partial charge in [0, 0.05) is 38.3 Å². The predicted octanol–water partition coefficient (Wildman–Crippen LogP) is 3.34. The molecule has 4 nitrogen and oxygen atoms in total. The van der Waals surface area contributed by atoms with Gasteiger partial charge in [-0.2, -0.15) is 0 Å². The van der Waals surface area contributed by atoms with Crippen molar-refractivity contribution in [1.29, 1.82) is 0 Å². The van der Waals surface area contributed by atoms with Gasteiger partial charge in [-0.1, -0.05) is 19.1 Å². The highest BCUT2D eigenvalue weighted by Gasteiger charge is 2.29. The number of aryl methyl sites for hydroxylation is 2. The number of benzene rings is 1. The lowest BCUT2D eigenvalue weighted by Crippen LogP contribution is -2.31. The fourth-order valence-corrected chi connectivity index (χ4v) is 3.31. The second kappa shape index (κ2) is 6.94. The number of aromatic nitrogens is 2. The summed E-state index contributed by atoms with van der Waals surface area (Å²) in [7, 11) is 0. The molecular weight excluding hydrogens is 293 g/mol. The van der Waals surface area contributed by atoms with E-state index in [1.54, 1.807) is 18.3 Å². The molecule has 1 aliphatic heterocycles. The fraction of sp³-hybridized carbons (Fsp3) is 0.444. The molecule has 1 fully saturated rings. The van der Waals surface area contributed by atoms with Crippen LogP contribution in [0.2, 0.25) is 0 Å². The monoisotopic (exact) mass is 315 g/mol. The molecule has 1 aromatic carbocycles. The number of carbonyl (C=O) groups is 1. The molecule has 1 amide bonds. The maximum Gasteiger partial charge on any atom is 0.224 e. The van der Waals surface area contributed by atoms with Crippen LogP contribution in [0.3, 0.4) is 0 Å². The molecule has 1 saturated heterocycles. The topological polar surface area (TPSA) is 38.1 Å². The molecule has 122 valence electrons. The predicted molar refractivity (Wildman–Crippen MR) is 86.3 cm³/mol. The molecule has 2 heterocycles. The largest absolute Gasteiger partial charge is 0.336 e. The summed E-state index contributed by atoms with van der Waals surface area (Å²) in [5.41, 5.74) is 1.02. The first-order valence-electron chi connectivity index (χ1n) is 8.24. The fourth-order valence-electron chi connectivity index (χ4n) is 3.31. The Morgan fingerprint density at radius 2 is 2.13 bits per heavy atom. The van der Waals surface area contributed by atoms with Gasteiger partial charge in [-0.25, -0.2) is 9.37 Å². The highest BCUT2D eigenvalue weighted by atomic mass is 19.1. The van der Waals surface area contributed by atoms with Crippen molar-refractivity contribution in [2.45, 2.75) is 45.2 Å². The number of imidazole rings is 1. The van der Waals surface area contributed by atoms with E-state index in [2.05, 4.69) is 11.9 Å². The maximum atomic E-state index is 13.1. The normalized spacial score (nSPS) is 17.7. The lowest BCUT2D eigenvalue weighted by atomic mass is 10.0. The molecule has 3 rings (SSSR count). The van der Waals surface area contributed by atoms with Crippen LogP contribution in [-0.4, -0.2) is 26.9 Å². The SMILES string of the molecule is CCc1nccn1CCC(=O)N1CCC[C@@H]1c1ccc(F)cc1. The number of carbonyl (C=O) groups excluding carboxylic acids is 1. The summed E-state index contributed by atoms with van der Waals surface area (Å²) >= 11 is 0. The van der Waals surface area contributed by atoms with Gasteiger partial charge in [0.25, 0.3) is 0 Å². The third kappa shape index (κ3) is 3.44. The summed E-state index contributed by atoms with van der Waals surface area (Å²) in [6.07, 6.45) is 6.99. The summed E-state index contributed by atoms with van der Waals surface area (Å²) in [6, 6.07) is 6.59. The Bertz CT molecular complexity index is 665. The first-order chi connectivity index (χ1) is 11.2. The molecule has 0 saturated carbocycles. The van der Waals surface area contributed by atoms with Gasteiger partial charge < -0.3 is 9.47 Å². The third-order valence-corrected chi connectivity index (χ3v) is 4.51. The number of rotatable bonds is 5. The summed E-state index contributed by atoms with van der Waals surface area (Å²) < 4.78 is 15.1. The number of halogens is 1. The van der Waals surface area contributed by atoms with Crippen molar-refractivity contribution in [3.05, 3.63) is 53.9 Å². The second-order valence-corrected chi connectivity index (χ2v) is 5.94. The van der Waals surface area contributed by atoms with Crippen molar-refractivity contribution < 1.29 is 9.18 Å². The highest BCUT2D eigenvalue weighted by Crippen LogP contribution is 2.32. The molecule has 1 aromatic heterocycles. The Balaban J connectivity index is 1.65. The Morgan fingerprint density at radius 1 is 1.35 bits per heavy atom. The molecule has 1 atom stereocenters. The van der Waals surface area contributed by atoms with Crippen molar-refractivity contribution >= 4 is 5.91 Å². The van der Waals surface area contributed by atoms with E-state index < -0.39 is 0 Å². The van der Waals surface area contributed by atoms with Gasteiger partial charge in [0.15, 0.2) is 0 Å². The van der Waals surface area contributed by atoms with Gasteiger partial charge in [-0.05, 0) is 30.5 Å². The molecule has 0 unspecified atom stereocenters. The van der Waals surface area contributed by atoms with E-state index in [9.17, 15) is 9.18 Å². The van der Waals surface area contributed by atoms with Crippen LogP contribution in [0.5, 0.6) is 0 Å². The first-order valence-corrected chi connectivity index (χ1v) is 8.24. The summed E-state index contributed by atoms with van der Waals surface area (Å²) in [5, 5.41) is 0. The molecule has 0 radical (unpaired) electrons. The van der Waals surface area contributed by atoms with Crippen LogP contribution in [0, 0.1) is 5.82 Å². The van der Waals surface area contributed by atoms with E-state index in [1.165, 1.54) is 12.1 Å². The molecule has 23 heavy (non-hydrogen) atoms. The van der Waals surface area contributed by atoms with Gasteiger partial charge >= 0.3 is 0 Å². The minimum Gasteiger partial charge on any atom is -0.336 e. The molecule has 0 N–H and O–H groups in total. The average molecular weight is 315 g/mol. The molecule has 0 spiro atoms. The Labute approximate surface area is 135 Å². The smallest absolute Gasteiger partial charge is 0.224 e. The van der Waals surface area contributed by atoms with Crippen molar-refractivity contribution in [3.8, 4) is 0 Å². The number of hydrogen-bond donors (Lipinski definition) is 0.